The third-order valence-electron chi connectivity index (χ3n) is 3.95. The Hall–Kier alpha value is -2.74. The molecule has 0 unspecified atom stereocenters. The van der Waals surface area contributed by atoms with Gasteiger partial charge < -0.3 is 19.4 Å². The van der Waals surface area contributed by atoms with Gasteiger partial charge in [0, 0.05) is 23.9 Å². The summed E-state index contributed by atoms with van der Waals surface area (Å²) in [5, 5.41) is 0. The van der Waals surface area contributed by atoms with Crippen molar-refractivity contribution in [2.45, 2.75) is 13.0 Å². The SMILES string of the molecule is COc1ccc(C(=O)N2CCO[C@H](c3nc(C)cc(=O)[nH]3)C2)cc1F. The molecule has 0 saturated carbocycles. The fraction of sp³-hybridized carbons (Fsp3) is 0.353. The van der Waals surface area contributed by atoms with Crippen molar-refractivity contribution in [3.8, 4) is 5.75 Å². The maximum absolute atomic E-state index is 13.8. The fourth-order valence-corrected chi connectivity index (χ4v) is 2.74. The van der Waals surface area contributed by atoms with Crippen LogP contribution in [0.25, 0.3) is 0 Å². The number of H-pyrrole nitrogens is 1. The van der Waals surface area contributed by atoms with Gasteiger partial charge in [-0.3, -0.25) is 9.59 Å². The number of methoxy groups -OCH3 is 1. The van der Waals surface area contributed by atoms with Crippen molar-refractivity contribution >= 4 is 5.91 Å². The minimum absolute atomic E-state index is 0.0814. The average molecular weight is 347 g/mol. The molecule has 3 rings (SSSR count). The van der Waals surface area contributed by atoms with Crippen LogP contribution in [0.15, 0.2) is 29.1 Å². The summed E-state index contributed by atoms with van der Waals surface area (Å²) in [4.78, 5) is 32.7. The third kappa shape index (κ3) is 3.69. The molecule has 1 aliphatic heterocycles. The van der Waals surface area contributed by atoms with Crippen LogP contribution in [0, 0.1) is 12.7 Å². The molecule has 1 saturated heterocycles. The van der Waals surface area contributed by atoms with Crippen LogP contribution in [-0.4, -0.2) is 47.6 Å². The van der Waals surface area contributed by atoms with Gasteiger partial charge in [-0.05, 0) is 25.1 Å². The molecule has 132 valence electrons. The van der Waals surface area contributed by atoms with E-state index in [2.05, 4.69) is 9.97 Å². The number of aromatic nitrogens is 2. The molecule has 1 aromatic heterocycles. The normalized spacial score (nSPS) is 17.4. The highest BCUT2D eigenvalue weighted by Crippen LogP contribution is 2.22. The largest absolute Gasteiger partial charge is 0.494 e. The van der Waals surface area contributed by atoms with E-state index in [4.69, 9.17) is 9.47 Å². The van der Waals surface area contributed by atoms with E-state index in [1.54, 1.807) is 11.8 Å². The Kier molecular flexibility index (Phi) is 4.80. The molecule has 1 aliphatic rings. The summed E-state index contributed by atoms with van der Waals surface area (Å²) in [6, 6.07) is 5.47. The van der Waals surface area contributed by atoms with Crippen molar-refractivity contribution in [1.82, 2.24) is 14.9 Å². The highest BCUT2D eigenvalue weighted by Gasteiger charge is 2.28. The fourth-order valence-electron chi connectivity index (χ4n) is 2.74. The van der Waals surface area contributed by atoms with E-state index in [1.807, 2.05) is 0 Å². The number of rotatable bonds is 3. The van der Waals surface area contributed by atoms with Crippen LogP contribution in [0.3, 0.4) is 0 Å². The lowest BCUT2D eigenvalue weighted by molar-refractivity contribution is -0.0269. The quantitative estimate of drug-likeness (QED) is 0.908. The second-order valence-corrected chi connectivity index (χ2v) is 5.73. The molecule has 7 nitrogen and oxygen atoms in total. The number of morpholine rings is 1. The second-order valence-electron chi connectivity index (χ2n) is 5.73. The molecule has 1 fully saturated rings. The molecule has 1 atom stereocenters. The third-order valence-corrected chi connectivity index (χ3v) is 3.95. The van der Waals surface area contributed by atoms with Crippen LogP contribution in [-0.2, 0) is 4.74 Å². The molecule has 1 amide bonds. The summed E-state index contributed by atoms with van der Waals surface area (Å²) in [7, 11) is 1.36. The molecule has 0 aliphatic carbocycles. The lowest BCUT2D eigenvalue weighted by Crippen LogP contribution is -2.43. The van der Waals surface area contributed by atoms with Gasteiger partial charge in [0.15, 0.2) is 11.6 Å². The molecule has 1 N–H and O–H groups in total. The van der Waals surface area contributed by atoms with E-state index in [0.717, 1.165) is 6.07 Å². The monoisotopic (exact) mass is 347 g/mol. The molecular formula is C17H18FN3O4. The van der Waals surface area contributed by atoms with Gasteiger partial charge in [0.25, 0.3) is 11.5 Å². The van der Waals surface area contributed by atoms with Gasteiger partial charge in [-0.25, -0.2) is 9.37 Å². The number of benzene rings is 1. The van der Waals surface area contributed by atoms with E-state index in [9.17, 15) is 14.0 Å². The lowest BCUT2D eigenvalue weighted by Gasteiger charge is -2.32. The number of amides is 1. The Morgan fingerprint density at radius 3 is 2.92 bits per heavy atom. The van der Waals surface area contributed by atoms with Crippen LogP contribution in [0.5, 0.6) is 5.75 Å². The zero-order valence-electron chi connectivity index (χ0n) is 13.9. The van der Waals surface area contributed by atoms with E-state index in [0.29, 0.717) is 24.7 Å². The van der Waals surface area contributed by atoms with Gasteiger partial charge in [0.05, 0.1) is 20.3 Å². The molecule has 8 heteroatoms. The molecule has 25 heavy (non-hydrogen) atoms. The van der Waals surface area contributed by atoms with E-state index >= 15 is 0 Å². The maximum Gasteiger partial charge on any atom is 0.254 e. The number of hydrogen-bond donors (Lipinski definition) is 1. The van der Waals surface area contributed by atoms with Gasteiger partial charge >= 0.3 is 0 Å². The minimum atomic E-state index is -0.595. The first-order valence-electron chi connectivity index (χ1n) is 7.80. The van der Waals surface area contributed by atoms with Gasteiger partial charge in [0.1, 0.15) is 11.9 Å². The topological polar surface area (TPSA) is 84.5 Å². The number of aryl methyl sites for hydroxylation is 1. The van der Waals surface area contributed by atoms with Gasteiger partial charge in [0.2, 0.25) is 0 Å². The van der Waals surface area contributed by atoms with Crippen molar-refractivity contribution in [3.05, 3.63) is 57.5 Å². The zero-order valence-corrected chi connectivity index (χ0v) is 13.9. The molecule has 0 spiro atoms. The number of nitrogens with one attached hydrogen (secondary N) is 1. The summed E-state index contributed by atoms with van der Waals surface area (Å²) in [5.41, 5.74) is 0.527. The van der Waals surface area contributed by atoms with Gasteiger partial charge in [-0.15, -0.1) is 0 Å². The van der Waals surface area contributed by atoms with Crippen LogP contribution < -0.4 is 10.3 Å². The second kappa shape index (κ2) is 7.02. The van der Waals surface area contributed by atoms with E-state index in [1.165, 1.54) is 25.3 Å². The van der Waals surface area contributed by atoms with Crippen molar-refractivity contribution in [2.24, 2.45) is 0 Å². The number of carbonyl (C=O) groups excluding carboxylic acids is 1. The Morgan fingerprint density at radius 1 is 1.44 bits per heavy atom. The standard InChI is InChI=1S/C17H18FN3O4/c1-10-7-15(22)20-16(19-10)14-9-21(5-6-25-14)17(23)11-3-4-13(24-2)12(18)8-11/h3-4,7-8,14H,5-6,9H2,1-2H3,(H,19,20,22)/t14-/m0/s1. The highest BCUT2D eigenvalue weighted by molar-refractivity contribution is 5.94. The van der Waals surface area contributed by atoms with Gasteiger partial charge in [-0.1, -0.05) is 0 Å². The number of halogens is 1. The number of carbonyl (C=O) groups is 1. The van der Waals surface area contributed by atoms with Crippen LogP contribution in [0.1, 0.15) is 28.0 Å². The minimum Gasteiger partial charge on any atom is -0.494 e. The predicted molar refractivity (Wildman–Crippen MR) is 87.1 cm³/mol. The summed E-state index contributed by atoms with van der Waals surface area (Å²) in [6.45, 7) is 2.61. The summed E-state index contributed by atoms with van der Waals surface area (Å²) in [5.74, 6) is -0.450. The average Bonchev–Trinajstić information content (AvgIpc) is 2.60. The highest BCUT2D eigenvalue weighted by atomic mass is 19.1. The first-order valence-corrected chi connectivity index (χ1v) is 7.80. The Balaban J connectivity index is 1.79. The summed E-state index contributed by atoms with van der Waals surface area (Å²) < 4.78 is 24.3. The summed E-state index contributed by atoms with van der Waals surface area (Å²) >= 11 is 0. The molecule has 1 aromatic carbocycles. The molecule has 2 heterocycles. The number of nitrogens with zero attached hydrogens (tertiary/aromatic N) is 2. The first kappa shape index (κ1) is 17.1. The van der Waals surface area contributed by atoms with Crippen LogP contribution >= 0.6 is 0 Å². The number of hydrogen-bond acceptors (Lipinski definition) is 5. The Labute approximate surface area is 143 Å². The molecule has 2 aromatic rings. The molecule has 0 radical (unpaired) electrons. The zero-order chi connectivity index (χ0) is 18.0. The molecule has 0 bridgehead atoms. The lowest BCUT2D eigenvalue weighted by atomic mass is 10.1. The first-order chi connectivity index (χ1) is 12.0. The van der Waals surface area contributed by atoms with Crippen molar-refractivity contribution < 1.29 is 18.7 Å². The van der Waals surface area contributed by atoms with E-state index < -0.39 is 11.9 Å². The van der Waals surface area contributed by atoms with Crippen LogP contribution in [0.4, 0.5) is 4.39 Å². The Morgan fingerprint density at radius 2 is 2.24 bits per heavy atom. The predicted octanol–water partition coefficient (Wildman–Crippen LogP) is 1.44. The number of aromatic amines is 1. The van der Waals surface area contributed by atoms with Crippen LogP contribution in [0.2, 0.25) is 0 Å². The van der Waals surface area contributed by atoms with Crippen molar-refractivity contribution in [1.29, 1.82) is 0 Å². The van der Waals surface area contributed by atoms with E-state index in [-0.39, 0.29) is 29.3 Å². The summed E-state index contributed by atoms with van der Waals surface area (Å²) in [6.07, 6.45) is -0.534. The Bertz CT molecular complexity index is 852. The number of ether oxygens (including phenoxy) is 2. The van der Waals surface area contributed by atoms with Gasteiger partial charge in [-0.2, -0.15) is 0 Å². The smallest absolute Gasteiger partial charge is 0.254 e. The molecular weight excluding hydrogens is 329 g/mol. The van der Waals surface area contributed by atoms with Crippen molar-refractivity contribution in [2.75, 3.05) is 26.8 Å². The maximum atomic E-state index is 13.8. The van der Waals surface area contributed by atoms with Crippen molar-refractivity contribution in [3.63, 3.8) is 0 Å².